The Labute approximate surface area is 150 Å². The van der Waals surface area contributed by atoms with Gasteiger partial charge in [0.2, 0.25) is 5.95 Å². The van der Waals surface area contributed by atoms with E-state index < -0.39 is 24.7 Å². The molecule has 2 aromatic heterocycles. The minimum Gasteiger partial charge on any atom is -0.368 e. The van der Waals surface area contributed by atoms with E-state index in [1.54, 1.807) is 13.0 Å². The molecule has 4 rings (SSSR count). The Bertz CT molecular complexity index is 995. The van der Waals surface area contributed by atoms with Crippen molar-refractivity contribution in [2.75, 3.05) is 17.2 Å². The maximum Gasteiger partial charge on any atom is 0.406 e. The molecule has 1 amide bonds. The van der Waals surface area contributed by atoms with Crippen molar-refractivity contribution in [3.8, 4) is 11.3 Å². The molecule has 0 aromatic carbocycles. The van der Waals surface area contributed by atoms with Crippen LogP contribution in [0.1, 0.15) is 17.4 Å². The molecule has 27 heavy (non-hydrogen) atoms. The number of anilines is 2. The molecule has 1 unspecified atom stereocenters. The number of azo groups is 1. The van der Waals surface area contributed by atoms with Gasteiger partial charge in [0.15, 0.2) is 0 Å². The van der Waals surface area contributed by atoms with Gasteiger partial charge >= 0.3 is 6.18 Å². The van der Waals surface area contributed by atoms with E-state index in [0.29, 0.717) is 21.9 Å². The lowest BCUT2D eigenvalue weighted by Crippen LogP contribution is -2.43. The molecule has 0 saturated heterocycles. The lowest BCUT2D eigenvalue weighted by molar-refractivity contribution is -0.130. The summed E-state index contributed by atoms with van der Waals surface area (Å²) in [5, 5.41) is 7.58. The number of hydrogen-bond acceptors (Lipinski definition) is 7. The standard InChI is InChI=1S/C16H12F3N7O/c1-7-2-10(24-15(20)23-7)8-3-11-13(21-4-8)12-9(5-22-25-12)14(27)26(11)6-16(17,18)19/h2-5,12H,6H2,1H3,(H2,20,23,24). The predicted octanol–water partition coefficient (Wildman–Crippen LogP) is 2.73. The third-order valence-electron chi connectivity index (χ3n) is 4.12. The summed E-state index contributed by atoms with van der Waals surface area (Å²) < 4.78 is 39.2. The van der Waals surface area contributed by atoms with Gasteiger partial charge in [0, 0.05) is 17.5 Å². The second kappa shape index (κ2) is 5.83. The first-order chi connectivity index (χ1) is 12.7. The molecule has 2 aliphatic rings. The van der Waals surface area contributed by atoms with Crippen molar-refractivity contribution in [1.29, 1.82) is 0 Å². The Morgan fingerprint density at radius 2 is 2.04 bits per heavy atom. The monoisotopic (exact) mass is 375 g/mol. The molecular formula is C16H12F3N7O. The number of halogens is 3. The number of pyridine rings is 1. The van der Waals surface area contributed by atoms with Crippen molar-refractivity contribution in [3.63, 3.8) is 0 Å². The number of aryl methyl sites for hydroxylation is 1. The summed E-state index contributed by atoms with van der Waals surface area (Å²) in [7, 11) is 0. The van der Waals surface area contributed by atoms with Crippen LogP contribution in [0.4, 0.5) is 24.8 Å². The SMILES string of the molecule is Cc1cc(-c2cnc3c(c2)N(CC(F)(F)F)C(=O)C2=CN=NC23)nc(N)n1. The average molecular weight is 375 g/mol. The van der Waals surface area contributed by atoms with Crippen LogP contribution in [0.2, 0.25) is 0 Å². The van der Waals surface area contributed by atoms with Crippen LogP contribution in [0.25, 0.3) is 11.3 Å². The minimum atomic E-state index is -4.58. The Hall–Kier alpha value is -3.37. The number of carbonyl (C=O) groups excluding carboxylic acids is 1. The number of alkyl halides is 3. The van der Waals surface area contributed by atoms with E-state index in [2.05, 4.69) is 25.2 Å². The number of hydrogen-bond donors (Lipinski definition) is 1. The van der Waals surface area contributed by atoms with Gasteiger partial charge in [-0.3, -0.25) is 14.7 Å². The second-order valence-corrected chi connectivity index (χ2v) is 6.11. The molecule has 4 heterocycles. The highest BCUT2D eigenvalue weighted by atomic mass is 19.4. The minimum absolute atomic E-state index is 0.0210. The molecule has 0 radical (unpaired) electrons. The number of amides is 1. The number of aromatic nitrogens is 3. The van der Waals surface area contributed by atoms with Crippen molar-refractivity contribution in [1.82, 2.24) is 15.0 Å². The van der Waals surface area contributed by atoms with Crippen LogP contribution >= 0.6 is 0 Å². The number of rotatable bonds is 2. The third kappa shape index (κ3) is 3.00. The molecule has 0 saturated carbocycles. The smallest absolute Gasteiger partial charge is 0.368 e. The molecule has 2 aliphatic heterocycles. The van der Waals surface area contributed by atoms with E-state index in [9.17, 15) is 18.0 Å². The average Bonchev–Trinajstić information content (AvgIpc) is 3.06. The van der Waals surface area contributed by atoms with Crippen LogP contribution in [-0.2, 0) is 4.79 Å². The zero-order valence-corrected chi connectivity index (χ0v) is 13.9. The lowest BCUT2D eigenvalue weighted by Gasteiger charge is -2.32. The Kier molecular flexibility index (Phi) is 3.68. The van der Waals surface area contributed by atoms with Crippen molar-refractivity contribution < 1.29 is 18.0 Å². The van der Waals surface area contributed by atoms with E-state index in [-0.39, 0.29) is 22.9 Å². The highest BCUT2D eigenvalue weighted by Gasteiger charge is 2.43. The first-order valence-corrected chi connectivity index (χ1v) is 7.83. The maximum absolute atomic E-state index is 13.1. The highest BCUT2D eigenvalue weighted by Crippen LogP contribution is 2.43. The van der Waals surface area contributed by atoms with Gasteiger partial charge < -0.3 is 5.73 Å². The van der Waals surface area contributed by atoms with Gasteiger partial charge in [0.1, 0.15) is 12.6 Å². The first-order valence-electron chi connectivity index (χ1n) is 7.83. The van der Waals surface area contributed by atoms with Crippen molar-refractivity contribution in [2.45, 2.75) is 19.1 Å². The molecule has 0 fully saturated rings. The van der Waals surface area contributed by atoms with Crippen LogP contribution < -0.4 is 10.6 Å². The van der Waals surface area contributed by atoms with Gasteiger partial charge in [-0.25, -0.2) is 9.97 Å². The Morgan fingerprint density at radius 3 is 2.74 bits per heavy atom. The quantitative estimate of drug-likeness (QED) is 0.868. The molecule has 1 atom stereocenters. The summed E-state index contributed by atoms with van der Waals surface area (Å²) in [5.74, 6) is -0.770. The summed E-state index contributed by atoms with van der Waals surface area (Å²) in [5.41, 5.74) is 7.36. The zero-order valence-electron chi connectivity index (χ0n) is 13.9. The number of nitrogen functional groups attached to an aromatic ring is 1. The van der Waals surface area contributed by atoms with Gasteiger partial charge in [0.25, 0.3) is 5.91 Å². The van der Waals surface area contributed by atoms with E-state index in [0.717, 1.165) is 0 Å². The number of nitrogens with two attached hydrogens (primary N) is 1. The van der Waals surface area contributed by atoms with Gasteiger partial charge in [-0.1, -0.05) is 0 Å². The molecule has 11 heteroatoms. The topological polar surface area (TPSA) is 110 Å². The second-order valence-electron chi connectivity index (χ2n) is 6.11. The molecule has 0 spiro atoms. The molecule has 8 nitrogen and oxygen atoms in total. The van der Waals surface area contributed by atoms with Crippen molar-refractivity contribution in [2.24, 2.45) is 10.2 Å². The lowest BCUT2D eigenvalue weighted by atomic mass is 9.96. The molecular weight excluding hydrogens is 363 g/mol. The van der Waals surface area contributed by atoms with Gasteiger partial charge in [0.05, 0.1) is 28.8 Å². The first kappa shape index (κ1) is 17.1. The third-order valence-corrected chi connectivity index (χ3v) is 4.12. The predicted molar refractivity (Wildman–Crippen MR) is 88.5 cm³/mol. The van der Waals surface area contributed by atoms with Gasteiger partial charge in [-0.05, 0) is 19.1 Å². The summed E-state index contributed by atoms with van der Waals surface area (Å²) in [6.07, 6.45) is -1.96. The molecule has 2 N–H and O–H groups in total. The van der Waals surface area contributed by atoms with Crippen LogP contribution in [0.3, 0.4) is 0 Å². The Morgan fingerprint density at radius 1 is 1.26 bits per heavy atom. The van der Waals surface area contributed by atoms with Gasteiger partial charge in [-0.15, -0.1) is 0 Å². The van der Waals surface area contributed by atoms with Crippen molar-refractivity contribution in [3.05, 3.63) is 41.5 Å². The van der Waals surface area contributed by atoms with Crippen LogP contribution in [0.15, 0.2) is 40.3 Å². The van der Waals surface area contributed by atoms with Crippen molar-refractivity contribution >= 4 is 17.5 Å². The Balaban J connectivity index is 1.87. The maximum atomic E-state index is 13.1. The fourth-order valence-corrected chi connectivity index (χ4v) is 3.04. The van der Waals surface area contributed by atoms with E-state index in [4.69, 9.17) is 5.73 Å². The molecule has 138 valence electrons. The number of fused-ring (bicyclic) bond motifs is 3. The largest absolute Gasteiger partial charge is 0.406 e. The van der Waals surface area contributed by atoms with Gasteiger partial charge in [-0.2, -0.15) is 23.4 Å². The summed E-state index contributed by atoms with van der Waals surface area (Å²) in [6, 6.07) is 2.25. The normalized spacial score (nSPS) is 18.4. The fraction of sp³-hybridized carbons (Fsp3) is 0.250. The van der Waals surface area contributed by atoms with E-state index in [1.807, 2.05) is 0 Å². The van der Waals surface area contributed by atoms with E-state index >= 15 is 0 Å². The highest BCUT2D eigenvalue weighted by molar-refractivity contribution is 6.09. The van der Waals surface area contributed by atoms with Crippen LogP contribution in [-0.4, -0.2) is 33.6 Å². The zero-order chi connectivity index (χ0) is 19.3. The van der Waals surface area contributed by atoms with E-state index in [1.165, 1.54) is 18.5 Å². The number of nitrogens with zero attached hydrogens (tertiary/aromatic N) is 6. The van der Waals surface area contributed by atoms with Crippen LogP contribution in [0, 0.1) is 6.92 Å². The molecule has 0 bridgehead atoms. The summed E-state index contributed by atoms with van der Waals surface area (Å²) >= 11 is 0. The molecule has 0 aliphatic carbocycles. The number of carbonyl (C=O) groups is 1. The summed E-state index contributed by atoms with van der Waals surface area (Å²) in [4.78, 5) is 25.5. The summed E-state index contributed by atoms with van der Waals surface area (Å²) in [6.45, 7) is 0.266. The molecule has 2 aromatic rings. The fourth-order valence-electron chi connectivity index (χ4n) is 3.04. The van der Waals surface area contributed by atoms with Crippen LogP contribution in [0.5, 0.6) is 0 Å².